The molecule has 0 bridgehead atoms. The van der Waals surface area contributed by atoms with Crippen LogP contribution in [0.3, 0.4) is 0 Å². The number of halogens is 3. The normalized spacial score (nSPS) is 11.1. The third-order valence-corrected chi connectivity index (χ3v) is 2.54. The third kappa shape index (κ3) is 5.02. The van der Waals surface area contributed by atoms with E-state index in [0.717, 1.165) is 11.3 Å². The molecule has 0 aliphatic heterocycles. The average molecular weight is 297 g/mol. The zero-order valence-corrected chi connectivity index (χ0v) is 11.4. The van der Waals surface area contributed by atoms with Gasteiger partial charge in [0.25, 0.3) is 3.79 Å². The summed E-state index contributed by atoms with van der Waals surface area (Å²) in [4.78, 5) is 0. The molecule has 3 nitrogen and oxygen atoms in total. The predicted molar refractivity (Wildman–Crippen MR) is 70.7 cm³/mol. The molecule has 0 heterocycles. The fourth-order valence-electron chi connectivity index (χ4n) is 1.18. The molecule has 1 aromatic carbocycles. The fourth-order valence-corrected chi connectivity index (χ4v) is 1.34. The van der Waals surface area contributed by atoms with Gasteiger partial charge in [0.05, 0.1) is 13.7 Å². The number of hydrogen-bond acceptors (Lipinski definition) is 3. The van der Waals surface area contributed by atoms with E-state index in [-0.39, 0.29) is 12.5 Å². The summed E-state index contributed by atoms with van der Waals surface area (Å²) in [6, 6.07) is 7.56. The quantitative estimate of drug-likeness (QED) is 0.524. The molecule has 0 spiro atoms. The van der Waals surface area contributed by atoms with Gasteiger partial charge in [0.15, 0.2) is 0 Å². The first-order valence-corrected chi connectivity index (χ1v) is 5.98. The van der Waals surface area contributed by atoms with Crippen molar-refractivity contribution in [3.05, 3.63) is 29.8 Å². The van der Waals surface area contributed by atoms with Gasteiger partial charge in [0.1, 0.15) is 5.75 Å². The van der Waals surface area contributed by atoms with Crippen molar-refractivity contribution in [3.63, 3.8) is 0 Å². The number of alkyl halides is 3. The van der Waals surface area contributed by atoms with Gasteiger partial charge >= 0.3 is 0 Å². The molecule has 0 saturated heterocycles. The van der Waals surface area contributed by atoms with Gasteiger partial charge in [-0.05, 0) is 17.7 Å². The Hall–Kier alpha value is -0.640. The van der Waals surface area contributed by atoms with Crippen LogP contribution in [0.4, 0.5) is 0 Å². The van der Waals surface area contributed by atoms with Crippen LogP contribution >= 0.6 is 34.8 Å². The summed E-state index contributed by atoms with van der Waals surface area (Å²) in [5.74, 6) is 0.407. The molecule has 6 heteroatoms. The average Bonchev–Trinajstić information content (AvgIpc) is 2.28. The largest absolute Gasteiger partial charge is 0.497 e. The highest BCUT2D eigenvalue weighted by molar-refractivity contribution is 6.76. The molecule has 0 unspecified atom stereocenters. The number of nitrogens with one attached hydrogen (secondary N) is 1. The summed E-state index contributed by atoms with van der Waals surface area (Å²) in [7, 11) is 1.61. The van der Waals surface area contributed by atoms with Crippen molar-refractivity contribution in [1.82, 2.24) is 0 Å². The van der Waals surface area contributed by atoms with Crippen LogP contribution in [0.2, 0.25) is 0 Å². The smallest absolute Gasteiger partial charge is 0.265 e. The molecule has 0 atom stereocenters. The maximum absolute atomic E-state index is 7.34. The van der Waals surface area contributed by atoms with E-state index in [1.165, 1.54) is 0 Å². The summed E-state index contributed by atoms with van der Waals surface area (Å²) in [5, 5.41) is 7.34. The molecule has 0 saturated carbocycles. The van der Waals surface area contributed by atoms with Gasteiger partial charge in [-0.15, -0.1) is 0 Å². The highest BCUT2D eigenvalue weighted by Gasteiger charge is 2.28. The highest BCUT2D eigenvalue weighted by atomic mass is 35.6. The Morgan fingerprint density at radius 1 is 1.35 bits per heavy atom. The van der Waals surface area contributed by atoms with Crippen LogP contribution in [0.5, 0.6) is 5.75 Å². The molecule has 94 valence electrons. The molecule has 0 amide bonds. The summed E-state index contributed by atoms with van der Waals surface area (Å²) in [6.07, 6.45) is 0.611. The third-order valence-electron chi connectivity index (χ3n) is 2.03. The van der Waals surface area contributed by atoms with E-state index in [0.29, 0.717) is 6.42 Å². The van der Waals surface area contributed by atoms with Crippen molar-refractivity contribution in [2.45, 2.75) is 10.2 Å². The molecular weight excluding hydrogens is 284 g/mol. The number of hydrogen-bond donors (Lipinski definition) is 1. The Kier molecular flexibility index (Phi) is 5.37. The van der Waals surface area contributed by atoms with Gasteiger partial charge in [-0.3, -0.25) is 5.41 Å². The molecular formula is C11H12Cl3NO2. The van der Waals surface area contributed by atoms with E-state index in [1.807, 2.05) is 24.3 Å². The summed E-state index contributed by atoms with van der Waals surface area (Å²) in [5.41, 5.74) is 1.03. The molecule has 17 heavy (non-hydrogen) atoms. The second kappa shape index (κ2) is 6.34. The summed E-state index contributed by atoms with van der Waals surface area (Å²) >= 11 is 16.4. The molecule has 1 aromatic rings. The van der Waals surface area contributed by atoms with Crippen molar-refractivity contribution < 1.29 is 9.47 Å². The van der Waals surface area contributed by atoms with Gasteiger partial charge in [-0.25, -0.2) is 0 Å². The number of methoxy groups -OCH3 is 1. The van der Waals surface area contributed by atoms with E-state index in [4.69, 9.17) is 49.7 Å². The Bertz CT molecular complexity index is 391. The second-order valence-electron chi connectivity index (χ2n) is 3.28. The van der Waals surface area contributed by atoms with E-state index < -0.39 is 3.79 Å². The lowest BCUT2D eigenvalue weighted by atomic mass is 10.1. The van der Waals surface area contributed by atoms with Crippen molar-refractivity contribution in [3.8, 4) is 5.75 Å². The first-order chi connectivity index (χ1) is 7.93. The monoisotopic (exact) mass is 295 g/mol. The second-order valence-corrected chi connectivity index (χ2v) is 5.56. The van der Waals surface area contributed by atoms with Crippen molar-refractivity contribution in [2.24, 2.45) is 0 Å². The van der Waals surface area contributed by atoms with Crippen molar-refractivity contribution >= 4 is 40.7 Å². The highest BCUT2D eigenvalue weighted by Crippen LogP contribution is 2.27. The predicted octanol–water partition coefficient (Wildman–Crippen LogP) is 3.60. The fraction of sp³-hybridized carbons (Fsp3) is 0.364. The maximum Gasteiger partial charge on any atom is 0.265 e. The lowest BCUT2D eigenvalue weighted by Gasteiger charge is -2.13. The molecule has 0 fully saturated rings. The molecule has 1 N–H and O–H groups in total. The van der Waals surface area contributed by atoms with Gasteiger partial charge in [-0.1, -0.05) is 46.9 Å². The number of ether oxygens (including phenoxy) is 2. The van der Waals surface area contributed by atoms with Crippen molar-refractivity contribution in [2.75, 3.05) is 13.7 Å². The van der Waals surface area contributed by atoms with E-state index in [9.17, 15) is 0 Å². The van der Waals surface area contributed by atoms with Crippen LogP contribution in [-0.2, 0) is 11.2 Å². The molecule has 0 aliphatic carbocycles. The SMILES string of the molecule is COc1cccc(CCOC(=N)C(Cl)(Cl)Cl)c1. The molecule has 1 rings (SSSR count). The Morgan fingerprint density at radius 2 is 2.06 bits per heavy atom. The summed E-state index contributed by atoms with van der Waals surface area (Å²) in [6.45, 7) is 0.278. The van der Waals surface area contributed by atoms with E-state index >= 15 is 0 Å². The van der Waals surface area contributed by atoms with Gasteiger partial charge in [0, 0.05) is 6.42 Å². The Balaban J connectivity index is 2.43. The Morgan fingerprint density at radius 3 is 2.65 bits per heavy atom. The zero-order valence-electron chi connectivity index (χ0n) is 9.17. The first kappa shape index (κ1) is 14.4. The van der Waals surface area contributed by atoms with Crippen LogP contribution in [0.25, 0.3) is 0 Å². The summed E-state index contributed by atoms with van der Waals surface area (Å²) < 4.78 is 8.32. The van der Waals surface area contributed by atoms with Crippen LogP contribution < -0.4 is 4.74 Å². The van der Waals surface area contributed by atoms with E-state index in [2.05, 4.69) is 0 Å². The molecule has 0 aliphatic rings. The minimum Gasteiger partial charge on any atom is -0.497 e. The Labute approximate surface area is 115 Å². The van der Waals surface area contributed by atoms with Crippen molar-refractivity contribution in [1.29, 1.82) is 5.41 Å². The van der Waals surface area contributed by atoms with Crippen LogP contribution in [0.15, 0.2) is 24.3 Å². The lowest BCUT2D eigenvalue weighted by Crippen LogP contribution is -2.22. The van der Waals surface area contributed by atoms with Gasteiger partial charge < -0.3 is 9.47 Å². The van der Waals surface area contributed by atoms with E-state index in [1.54, 1.807) is 7.11 Å². The molecule has 0 aromatic heterocycles. The zero-order chi connectivity index (χ0) is 12.9. The van der Waals surface area contributed by atoms with Gasteiger partial charge in [-0.2, -0.15) is 0 Å². The minimum absolute atomic E-state index is 0.278. The maximum atomic E-state index is 7.34. The number of rotatable bonds is 4. The van der Waals surface area contributed by atoms with Crippen LogP contribution in [-0.4, -0.2) is 23.4 Å². The minimum atomic E-state index is -1.80. The number of benzene rings is 1. The van der Waals surface area contributed by atoms with Crippen LogP contribution in [0, 0.1) is 5.41 Å². The molecule has 0 radical (unpaired) electrons. The first-order valence-electron chi connectivity index (χ1n) is 4.85. The van der Waals surface area contributed by atoms with Gasteiger partial charge in [0.2, 0.25) is 5.90 Å². The standard InChI is InChI=1S/C11H12Cl3NO2/c1-16-9-4-2-3-8(7-9)5-6-17-10(15)11(12,13)14/h2-4,7,15H,5-6H2,1H3. The topological polar surface area (TPSA) is 42.3 Å². The van der Waals surface area contributed by atoms with Crippen LogP contribution in [0.1, 0.15) is 5.56 Å². The lowest BCUT2D eigenvalue weighted by molar-refractivity contribution is 0.300.